The fourth-order valence-corrected chi connectivity index (χ4v) is 3.16. The van der Waals surface area contributed by atoms with Gasteiger partial charge < -0.3 is 0 Å². The van der Waals surface area contributed by atoms with Gasteiger partial charge in [0.2, 0.25) is 0 Å². The van der Waals surface area contributed by atoms with Gasteiger partial charge in [-0.05, 0) is 25.7 Å². The molecule has 0 aromatic heterocycles. The lowest BCUT2D eigenvalue weighted by atomic mass is 9.71. The molecule has 2 nitrogen and oxygen atoms in total. The summed E-state index contributed by atoms with van der Waals surface area (Å²) in [7, 11) is 0. The summed E-state index contributed by atoms with van der Waals surface area (Å²) < 4.78 is 0. The molecule has 0 aliphatic heterocycles. The van der Waals surface area contributed by atoms with Crippen LogP contribution in [0.4, 0.5) is 0 Å². The normalized spacial score (nSPS) is 31.9. The lowest BCUT2D eigenvalue weighted by Gasteiger charge is -2.29. The first-order chi connectivity index (χ1) is 7.29. The lowest BCUT2D eigenvalue weighted by molar-refractivity contribution is -0.126. The smallest absolute Gasteiger partial charge is 0.156 e. The molecule has 1 spiro atoms. The van der Waals surface area contributed by atoms with Crippen molar-refractivity contribution in [1.82, 2.24) is 0 Å². The standard InChI is InChI=1S/C14H18O2/c1-9-5-6-12(16)14(9)8-13(3,4)7-11(14)10(2)15/h5,7H,6,8H2,1-4H3. The summed E-state index contributed by atoms with van der Waals surface area (Å²) in [6.45, 7) is 7.71. The average molecular weight is 218 g/mol. The highest BCUT2D eigenvalue weighted by Crippen LogP contribution is 2.55. The van der Waals surface area contributed by atoms with Crippen molar-refractivity contribution in [1.29, 1.82) is 0 Å². The second-order valence-electron chi connectivity index (χ2n) is 5.70. The van der Waals surface area contributed by atoms with Crippen molar-refractivity contribution in [3.05, 3.63) is 23.3 Å². The molecule has 0 saturated heterocycles. The second kappa shape index (κ2) is 3.16. The highest BCUT2D eigenvalue weighted by atomic mass is 16.1. The van der Waals surface area contributed by atoms with Gasteiger partial charge in [-0.2, -0.15) is 0 Å². The van der Waals surface area contributed by atoms with Crippen LogP contribution in [0.5, 0.6) is 0 Å². The molecule has 2 aliphatic carbocycles. The second-order valence-corrected chi connectivity index (χ2v) is 5.70. The van der Waals surface area contributed by atoms with E-state index in [4.69, 9.17) is 0 Å². The van der Waals surface area contributed by atoms with Gasteiger partial charge in [-0.3, -0.25) is 9.59 Å². The first kappa shape index (κ1) is 11.3. The van der Waals surface area contributed by atoms with Gasteiger partial charge in [0.1, 0.15) is 0 Å². The predicted molar refractivity (Wildman–Crippen MR) is 63.0 cm³/mol. The van der Waals surface area contributed by atoms with Crippen molar-refractivity contribution >= 4 is 11.6 Å². The summed E-state index contributed by atoms with van der Waals surface area (Å²) in [5, 5.41) is 0. The quantitative estimate of drug-likeness (QED) is 0.634. The zero-order valence-electron chi connectivity index (χ0n) is 10.4. The minimum atomic E-state index is -0.588. The molecule has 16 heavy (non-hydrogen) atoms. The lowest BCUT2D eigenvalue weighted by Crippen LogP contribution is -2.32. The summed E-state index contributed by atoms with van der Waals surface area (Å²) in [6, 6.07) is 0. The van der Waals surface area contributed by atoms with E-state index in [1.165, 1.54) is 0 Å². The van der Waals surface area contributed by atoms with E-state index in [0.717, 1.165) is 12.0 Å². The molecule has 86 valence electrons. The molecular formula is C14H18O2. The maximum absolute atomic E-state index is 12.2. The summed E-state index contributed by atoms with van der Waals surface area (Å²) in [6.07, 6.45) is 5.19. The summed E-state index contributed by atoms with van der Waals surface area (Å²) in [4.78, 5) is 23.9. The molecule has 0 radical (unpaired) electrons. The molecule has 2 rings (SSSR count). The molecule has 0 saturated carbocycles. The van der Waals surface area contributed by atoms with E-state index in [-0.39, 0.29) is 17.0 Å². The Morgan fingerprint density at radius 2 is 2.00 bits per heavy atom. The van der Waals surface area contributed by atoms with Gasteiger partial charge in [-0.1, -0.05) is 31.6 Å². The fraction of sp³-hybridized carbons (Fsp3) is 0.571. The molecule has 0 bridgehead atoms. The number of carbonyl (C=O) groups excluding carboxylic acids is 2. The van der Waals surface area contributed by atoms with Crippen molar-refractivity contribution in [3.8, 4) is 0 Å². The van der Waals surface area contributed by atoms with Crippen molar-refractivity contribution in [2.75, 3.05) is 0 Å². The number of hydrogen-bond donors (Lipinski definition) is 0. The monoisotopic (exact) mass is 218 g/mol. The third-order valence-corrected chi connectivity index (χ3v) is 3.84. The summed E-state index contributed by atoms with van der Waals surface area (Å²) >= 11 is 0. The molecule has 0 amide bonds. The minimum absolute atomic E-state index is 0.0357. The van der Waals surface area contributed by atoms with Crippen LogP contribution in [0.3, 0.4) is 0 Å². The van der Waals surface area contributed by atoms with Gasteiger partial charge >= 0.3 is 0 Å². The van der Waals surface area contributed by atoms with E-state index in [2.05, 4.69) is 13.8 Å². The average Bonchev–Trinajstić information content (AvgIpc) is 2.59. The maximum Gasteiger partial charge on any atom is 0.156 e. The van der Waals surface area contributed by atoms with E-state index in [9.17, 15) is 9.59 Å². The highest BCUT2D eigenvalue weighted by molar-refractivity contribution is 6.07. The fourth-order valence-electron chi connectivity index (χ4n) is 3.16. The van der Waals surface area contributed by atoms with E-state index in [1.807, 2.05) is 19.1 Å². The molecule has 1 atom stereocenters. The summed E-state index contributed by atoms with van der Waals surface area (Å²) in [5.41, 5.74) is 1.13. The largest absolute Gasteiger partial charge is 0.298 e. The van der Waals surface area contributed by atoms with Crippen LogP contribution in [0.15, 0.2) is 23.3 Å². The first-order valence-electron chi connectivity index (χ1n) is 5.74. The Kier molecular flexibility index (Phi) is 2.23. The molecule has 0 N–H and O–H groups in total. The van der Waals surface area contributed by atoms with Crippen molar-refractivity contribution in [2.45, 2.75) is 40.5 Å². The van der Waals surface area contributed by atoms with Gasteiger partial charge in [0.15, 0.2) is 11.6 Å². The van der Waals surface area contributed by atoms with Gasteiger partial charge in [0.05, 0.1) is 5.41 Å². The topological polar surface area (TPSA) is 34.1 Å². The van der Waals surface area contributed by atoms with Gasteiger partial charge in [0.25, 0.3) is 0 Å². The van der Waals surface area contributed by atoms with Crippen LogP contribution in [0.2, 0.25) is 0 Å². The Hall–Kier alpha value is -1.18. The van der Waals surface area contributed by atoms with Crippen LogP contribution < -0.4 is 0 Å². The number of ketones is 2. The number of hydrogen-bond acceptors (Lipinski definition) is 2. The van der Waals surface area contributed by atoms with Crippen LogP contribution >= 0.6 is 0 Å². The minimum Gasteiger partial charge on any atom is -0.298 e. The van der Waals surface area contributed by atoms with E-state index < -0.39 is 5.41 Å². The van der Waals surface area contributed by atoms with Crippen LogP contribution in [0.25, 0.3) is 0 Å². The predicted octanol–water partition coefficient (Wildman–Crippen LogP) is 2.84. The number of rotatable bonds is 1. The van der Waals surface area contributed by atoms with Crippen molar-refractivity contribution < 1.29 is 9.59 Å². The molecular weight excluding hydrogens is 200 g/mol. The zero-order valence-corrected chi connectivity index (χ0v) is 10.4. The van der Waals surface area contributed by atoms with Crippen LogP contribution in [0.1, 0.15) is 40.5 Å². The number of allylic oxidation sites excluding steroid dienone is 4. The number of Topliss-reactive ketones (excluding diaryl/α,β-unsaturated/α-hetero) is 2. The molecule has 0 heterocycles. The summed E-state index contributed by atoms with van der Waals surface area (Å²) in [5.74, 6) is 0.227. The Morgan fingerprint density at radius 1 is 1.38 bits per heavy atom. The van der Waals surface area contributed by atoms with E-state index >= 15 is 0 Å². The Labute approximate surface area is 96.4 Å². The number of carbonyl (C=O) groups is 2. The highest BCUT2D eigenvalue weighted by Gasteiger charge is 2.53. The van der Waals surface area contributed by atoms with Crippen LogP contribution in [-0.2, 0) is 9.59 Å². The molecule has 0 fully saturated rings. The zero-order chi connectivity index (χ0) is 12.1. The molecule has 2 aliphatic rings. The first-order valence-corrected chi connectivity index (χ1v) is 5.74. The van der Waals surface area contributed by atoms with E-state index in [0.29, 0.717) is 12.0 Å². The Morgan fingerprint density at radius 3 is 2.44 bits per heavy atom. The molecule has 0 aromatic carbocycles. The van der Waals surface area contributed by atoms with Crippen molar-refractivity contribution in [2.24, 2.45) is 10.8 Å². The van der Waals surface area contributed by atoms with Gasteiger partial charge in [-0.25, -0.2) is 0 Å². The SMILES string of the molecule is CC(=O)C1=CC(C)(C)CC12C(=O)CC=C2C. The molecule has 1 unspecified atom stereocenters. The third-order valence-electron chi connectivity index (χ3n) is 3.84. The third kappa shape index (κ3) is 1.32. The van der Waals surface area contributed by atoms with Gasteiger partial charge in [-0.15, -0.1) is 0 Å². The Bertz CT molecular complexity index is 438. The van der Waals surface area contributed by atoms with Crippen LogP contribution in [-0.4, -0.2) is 11.6 Å². The molecule has 2 heteroatoms. The Balaban J connectivity index is 2.59. The van der Waals surface area contributed by atoms with Gasteiger partial charge in [0, 0.05) is 12.0 Å². The maximum atomic E-state index is 12.2. The molecule has 0 aromatic rings. The van der Waals surface area contributed by atoms with E-state index in [1.54, 1.807) is 6.92 Å². The van der Waals surface area contributed by atoms with Crippen LogP contribution in [0, 0.1) is 10.8 Å². The van der Waals surface area contributed by atoms with Crippen molar-refractivity contribution in [3.63, 3.8) is 0 Å².